The molecule has 14 heteroatoms. The van der Waals surface area contributed by atoms with Gasteiger partial charge in [0, 0.05) is 42.7 Å². The molecule has 2 aliphatic rings. The molecule has 0 saturated carbocycles. The number of aromatic nitrogens is 4. The number of imidazole rings is 1. The second-order valence-electron chi connectivity index (χ2n) is 9.56. The van der Waals surface area contributed by atoms with E-state index < -0.39 is 24.5 Å². The zero-order chi connectivity index (χ0) is 27.5. The first kappa shape index (κ1) is 26.5. The minimum absolute atomic E-state index is 0.0124. The number of hydrogen-bond donors (Lipinski definition) is 6. The van der Waals surface area contributed by atoms with Crippen LogP contribution in [0.15, 0.2) is 30.9 Å². The lowest BCUT2D eigenvalue weighted by atomic mass is 10.1. The fourth-order valence-electron chi connectivity index (χ4n) is 4.82. The van der Waals surface area contributed by atoms with Crippen molar-refractivity contribution < 1.29 is 29.3 Å². The predicted octanol–water partition coefficient (Wildman–Crippen LogP) is -0.0235. The summed E-state index contributed by atoms with van der Waals surface area (Å²) in [5.41, 5.74) is 8.53. The Morgan fingerprint density at radius 1 is 1.10 bits per heavy atom. The summed E-state index contributed by atoms with van der Waals surface area (Å²) >= 11 is 0. The Hall–Kier alpha value is -4.14. The van der Waals surface area contributed by atoms with Gasteiger partial charge in [-0.3, -0.25) is 19.0 Å². The summed E-state index contributed by atoms with van der Waals surface area (Å²) in [6.07, 6.45) is 0.805. The molecule has 0 aliphatic carbocycles. The average Bonchev–Trinajstić information content (AvgIpc) is 3.60. The van der Waals surface area contributed by atoms with E-state index in [2.05, 4.69) is 30.9 Å². The van der Waals surface area contributed by atoms with E-state index >= 15 is 0 Å². The molecule has 7 N–H and O–H groups in total. The molecule has 0 radical (unpaired) electrons. The van der Waals surface area contributed by atoms with Crippen molar-refractivity contribution in [2.45, 2.75) is 63.2 Å². The average molecular weight is 539 g/mol. The number of nitrogen functional groups attached to an aromatic ring is 1. The number of rotatable bonds is 10. The molecule has 39 heavy (non-hydrogen) atoms. The summed E-state index contributed by atoms with van der Waals surface area (Å²) in [6, 6.07) is 5.24. The van der Waals surface area contributed by atoms with Crippen LogP contribution in [0.5, 0.6) is 0 Å². The molecule has 14 nitrogen and oxygen atoms in total. The van der Waals surface area contributed by atoms with Gasteiger partial charge in [0.05, 0.1) is 6.33 Å². The molecule has 5 rings (SSSR count). The number of carbonyl (C=O) groups excluding carboxylic acids is 3. The summed E-state index contributed by atoms with van der Waals surface area (Å²) in [5.74, 6) is -0.325. The number of amides is 3. The number of fused-ring (bicyclic) bond motifs is 2. The highest BCUT2D eigenvalue weighted by molar-refractivity contribution is 6.02. The summed E-state index contributed by atoms with van der Waals surface area (Å²) in [6.45, 7) is 0.408. The van der Waals surface area contributed by atoms with Gasteiger partial charge in [-0.2, -0.15) is 0 Å². The van der Waals surface area contributed by atoms with E-state index in [1.54, 1.807) is 18.2 Å². The van der Waals surface area contributed by atoms with Crippen molar-refractivity contribution in [1.82, 2.24) is 30.2 Å². The molecule has 2 aromatic heterocycles. The van der Waals surface area contributed by atoms with E-state index in [9.17, 15) is 24.6 Å². The number of ether oxygens (including phenoxy) is 1. The number of aliphatic hydroxyl groups excluding tert-OH is 2. The van der Waals surface area contributed by atoms with Crippen molar-refractivity contribution in [3.8, 4) is 0 Å². The molecule has 0 bridgehead atoms. The monoisotopic (exact) mass is 538 g/mol. The molecule has 4 atom stereocenters. The Kier molecular flexibility index (Phi) is 7.67. The molecule has 3 amide bonds. The van der Waals surface area contributed by atoms with Crippen LogP contribution in [0.2, 0.25) is 0 Å². The van der Waals surface area contributed by atoms with Crippen LogP contribution < -0.4 is 21.7 Å². The molecule has 2 aliphatic heterocycles. The first-order valence-electron chi connectivity index (χ1n) is 12.7. The fourth-order valence-corrected chi connectivity index (χ4v) is 4.82. The van der Waals surface area contributed by atoms with Crippen molar-refractivity contribution in [3.63, 3.8) is 0 Å². The topological polar surface area (TPSA) is 207 Å². The van der Waals surface area contributed by atoms with Gasteiger partial charge in [0.25, 0.3) is 5.91 Å². The smallest absolute Gasteiger partial charge is 0.251 e. The Morgan fingerprint density at radius 2 is 1.90 bits per heavy atom. The Labute approximate surface area is 223 Å². The van der Waals surface area contributed by atoms with Crippen molar-refractivity contribution in [2.75, 3.05) is 17.6 Å². The number of nitrogens with one attached hydrogen (secondary N) is 3. The predicted molar refractivity (Wildman–Crippen MR) is 138 cm³/mol. The molecule has 206 valence electrons. The first-order chi connectivity index (χ1) is 18.8. The third-order valence-corrected chi connectivity index (χ3v) is 6.93. The lowest BCUT2D eigenvalue weighted by Crippen LogP contribution is -2.39. The first-order valence-corrected chi connectivity index (χ1v) is 12.7. The number of hydrogen-bond acceptors (Lipinski definition) is 10. The minimum Gasteiger partial charge on any atom is -0.387 e. The van der Waals surface area contributed by atoms with Gasteiger partial charge >= 0.3 is 0 Å². The number of aliphatic hydroxyl groups is 2. The second kappa shape index (κ2) is 11.3. The van der Waals surface area contributed by atoms with E-state index in [4.69, 9.17) is 10.5 Å². The van der Waals surface area contributed by atoms with Crippen LogP contribution in [-0.2, 0) is 20.9 Å². The van der Waals surface area contributed by atoms with Gasteiger partial charge in [-0.1, -0.05) is 12.5 Å². The lowest BCUT2D eigenvalue weighted by Gasteiger charge is -2.16. The number of benzene rings is 1. The van der Waals surface area contributed by atoms with E-state index in [0.29, 0.717) is 54.6 Å². The normalized spacial score (nSPS) is 22.1. The van der Waals surface area contributed by atoms with Crippen molar-refractivity contribution in [3.05, 3.63) is 42.0 Å². The van der Waals surface area contributed by atoms with Crippen molar-refractivity contribution in [2.24, 2.45) is 0 Å². The molecule has 0 spiro atoms. The third kappa shape index (κ3) is 5.53. The highest BCUT2D eigenvalue weighted by Gasteiger charge is 2.44. The van der Waals surface area contributed by atoms with Crippen molar-refractivity contribution in [1.29, 1.82) is 0 Å². The Balaban J connectivity index is 1.02. The van der Waals surface area contributed by atoms with Gasteiger partial charge in [0.15, 0.2) is 17.7 Å². The van der Waals surface area contributed by atoms with Gasteiger partial charge in [-0.25, -0.2) is 15.0 Å². The SMILES string of the molecule is Nc1ncnc2c1ncn2C1O[C@H](CNC(=O)CCCCCC(=O)Nc2cccc3c2CNC3=O)[C@@H](O)[C@H]1O. The number of nitrogens with two attached hydrogens (primary N) is 1. The molecular weight excluding hydrogens is 508 g/mol. The van der Waals surface area contributed by atoms with Gasteiger partial charge in [0.1, 0.15) is 30.2 Å². The Bertz CT molecular complexity index is 1390. The fraction of sp³-hybridized carbons (Fsp3) is 0.440. The van der Waals surface area contributed by atoms with Gasteiger partial charge in [0.2, 0.25) is 11.8 Å². The molecule has 1 unspecified atom stereocenters. The van der Waals surface area contributed by atoms with E-state index in [0.717, 1.165) is 5.56 Å². The summed E-state index contributed by atoms with van der Waals surface area (Å²) in [5, 5.41) is 29.3. The van der Waals surface area contributed by atoms with Crippen molar-refractivity contribution >= 4 is 40.4 Å². The van der Waals surface area contributed by atoms with E-state index in [-0.39, 0.29) is 36.5 Å². The van der Waals surface area contributed by atoms with Crippen LogP contribution in [0.3, 0.4) is 0 Å². The van der Waals surface area contributed by atoms with Gasteiger partial charge < -0.3 is 36.6 Å². The highest BCUT2D eigenvalue weighted by Crippen LogP contribution is 2.31. The lowest BCUT2D eigenvalue weighted by molar-refractivity contribution is -0.122. The maximum Gasteiger partial charge on any atom is 0.251 e. The van der Waals surface area contributed by atoms with Crippen LogP contribution in [0.1, 0.15) is 54.3 Å². The molecule has 1 aromatic carbocycles. The standard InChI is InChI=1S/C25H30N8O6/c26-22-19-23(30-11-29-22)33(12-31-19)25-21(37)20(36)16(39-25)10-27-17(34)7-2-1-3-8-18(35)32-15-6-4-5-13-14(15)9-28-24(13)38/h4-6,11-12,16,20-21,25,36-37H,1-3,7-10H2,(H,27,34)(H,28,38)(H,32,35)(H2,26,29,30)/t16-,20-,21-,25?/m1/s1. The maximum absolute atomic E-state index is 12.3. The number of carbonyl (C=O) groups is 3. The van der Waals surface area contributed by atoms with Crippen LogP contribution in [0.4, 0.5) is 11.5 Å². The zero-order valence-corrected chi connectivity index (χ0v) is 21.0. The van der Waals surface area contributed by atoms with Crippen LogP contribution >= 0.6 is 0 Å². The molecular formula is C25H30N8O6. The molecule has 4 heterocycles. The number of nitrogens with zero attached hydrogens (tertiary/aromatic N) is 4. The summed E-state index contributed by atoms with van der Waals surface area (Å²) in [4.78, 5) is 48.6. The largest absolute Gasteiger partial charge is 0.387 e. The van der Waals surface area contributed by atoms with Crippen LogP contribution in [0.25, 0.3) is 11.2 Å². The Morgan fingerprint density at radius 3 is 2.72 bits per heavy atom. The quantitative estimate of drug-likeness (QED) is 0.190. The third-order valence-electron chi connectivity index (χ3n) is 6.93. The van der Waals surface area contributed by atoms with Gasteiger partial charge in [-0.15, -0.1) is 0 Å². The molecule has 1 saturated heterocycles. The van der Waals surface area contributed by atoms with E-state index in [1.165, 1.54) is 17.2 Å². The summed E-state index contributed by atoms with van der Waals surface area (Å²) in [7, 11) is 0. The second-order valence-corrected chi connectivity index (χ2v) is 9.56. The summed E-state index contributed by atoms with van der Waals surface area (Å²) < 4.78 is 7.29. The molecule has 1 fully saturated rings. The van der Waals surface area contributed by atoms with Crippen LogP contribution in [-0.4, -0.2) is 72.3 Å². The molecule has 3 aromatic rings. The van der Waals surface area contributed by atoms with Crippen LogP contribution in [0, 0.1) is 0 Å². The number of unbranched alkanes of at least 4 members (excludes halogenated alkanes) is 2. The maximum atomic E-state index is 12.3. The zero-order valence-electron chi connectivity index (χ0n) is 21.0. The van der Waals surface area contributed by atoms with E-state index in [1.807, 2.05) is 0 Å². The highest BCUT2D eigenvalue weighted by atomic mass is 16.6. The van der Waals surface area contributed by atoms with Gasteiger partial charge in [-0.05, 0) is 25.0 Å². The number of anilines is 2. The minimum atomic E-state index is -1.26.